The van der Waals surface area contributed by atoms with E-state index in [0.717, 1.165) is 44.4 Å². The van der Waals surface area contributed by atoms with Gasteiger partial charge < -0.3 is 4.74 Å². The summed E-state index contributed by atoms with van der Waals surface area (Å²) in [5.74, 6) is 1.40. The molecule has 0 amide bonds. The number of methoxy groups -OCH3 is 1. The lowest BCUT2D eigenvalue weighted by Crippen LogP contribution is -2.13. The van der Waals surface area contributed by atoms with Crippen molar-refractivity contribution in [1.82, 2.24) is 9.97 Å². The highest BCUT2D eigenvalue weighted by atomic mass is 16.5. The summed E-state index contributed by atoms with van der Waals surface area (Å²) in [6.45, 7) is 6.15. The summed E-state index contributed by atoms with van der Waals surface area (Å²) in [7, 11) is 1.69. The molecule has 0 aliphatic rings. The Labute approximate surface area is 158 Å². The maximum absolute atomic E-state index is 5.50. The summed E-state index contributed by atoms with van der Waals surface area (Å²) in [5, 5.41) is 3.24. The number of hydrogen-bond acceptors (Lipinski definition) is 5. The molecule has 0 saturated carbocycles. The Morgan fingerprint density at radius 1 is 0.852 bits per heavy atom. The first-order valence-corrected chi connectivity index (χ1v) is 8.90. The third-order valence-corrected chi connectivity index (χ3v) is 4.74. The standard InChI is InChI=1S/C22H22N4O/c1-13-11-17-16(8-6-10-20(17)27-4)19(12-13)25-26-22-23-15(3)21-14(2)7-5-9-18(21)24-22/h5-12,25H,1-4H3,(H,23,24,26). The summed E-state index contributed by atoms with van der Waals surface area (Å²) < 4.78 is 5.50. The first-order valence-electron chi connectivity index (χ1n) is 8.90. The van der Waals surface area contributed by atoms with Crippen molar-refractivity contribution in [1.29, 1.82) is 0 Å². The molecule has 1 aromatic heterocycles. The van der Waals surface area contributed by atoms with Crippen molar-refractivity contribution < 1.29 is 4.74 Å². The Kier molecular flexibility index (Phi) is 4.28. The number of hydrazine groups is 1. The molecule has 3 aromatic carbocycles. The van der Waals surface area contributed by atoms with E-state index in [1.807, 2.05) is 31.2 Å². The highest BCUT2D eigenvalue weighted by Crippen LogP contribution is 2.32. The normalized spacial score (nSPS) is 11.0. The van der Waals surface area contributed by atoms with Gasteiger partial charge in [-0.3, -0.25) is 10.9 Å². The number of rotatable bonds is 4. The number of hydrogen-bond donors (Lipinski definition) is 2. The van der Waals surface area contributed by atoms with E-state index in [1.165, 1.54) is 5.56 Å². The van der Waals surface area contributed by atoms with Gasteiger partial charge in [-0.25, -0.2) is 9.97 Å². The van der Waals surface area contributed by atoms with Crippen LogP contribution < -0.4 is 15.6 Å². The third-order valence-electron chi connectivity index (χ3n) is 4.74. The maximum atomic E-state index is 5.50. The van der Waals surface area contributed by atoms with Gasteiger partial charge >= 0.3 is 0 Å². The lowest BCUT2D eigenvalue weighted by Gasteiger charge is -2.15. The van der Waals surface area contributed by atoms with Crippen LogP contribution in [0, 0.1) is 20.8 Å². The second-order valence-electron chi connectivity index (χ2n) is 6.72. The highest BCUT2D eigenvalue weighted by molar-refractivity contribution is 5.98. The Bertz CT molecular complexity index is 1150. The largest absolute Gasteiger partial charge is 0.496 e. The highest BCUT2D eigenvalue weighted by Gasteiger charge is 2.09. The van der Waals surface area contributed by atoms with Gasteiger partial charge in [-0.05, 0) is 56.2 Å². The van der Waals surface area contributed by atoms with Crippen LogP contribution >= 0.6 is 0 Å². The molecule has 27 heavy (non-hydrogen) atoms. The summed E-state index contributed by atoms with van der Waals surface area (Å²) in [6, 6.07) is 16.3. The molecular formula is C22H22N4O. The number of nitrogens with zero attached hydrogens (tertiary/aromatic N) is 2. The van der Waals surface area contributed by atoms with E-state index in [1.54, 1.807) is 7.11 Å². The van der Waals surface area contributed by atoms with Crippen LogP contribution in [0.15, 0.2) is 48.5 Å². The van der Waals surface area contributed by atoms with E-state index in [2.05, 4.69) is 58.9 Å². The molecule has 136 valence electrons. The van der Waals surface area contributed by atoms with E-state index in [4.69, 9.17) is 4.74 Å². The number of fused-ring (bicyclic) bond motifs is 2. The molecule has 2 N–H and O–H groups in total. The number of benzene rings is 3. The second-order valence-corrected chi connectivity index (χ2v) is 6.72. The lowest BCUT2D eigenvalue weighted by atomic mass is 10.0. The average molecular weight is 358 g/mol. The van der Waals surface area contributed by atoms with Gasteiger partial charge in [0.05, 0.1) is 24.0 Å². The van der Waals surface area contributed by atoms with Crippen molar-refractivity contribution in [2.75, 3.05) is 18.0 Å². The van der Waals surface area contributed by atoms with Crippen LogP contribution in [0.25, 0.3) is 21.7 Å². The fraction of sp³-hybridized carbons (Fsp3) is 0.182. The predicted molar refractivity (Wildman–Crippen MR) is 111 cm³/mol. The molecule has 5 heteroatoms. The minimum Gasteiger partial charge on any atom is -0.496 e. The molecule has 5 nitrogen and oxygen atoms in total. The van der Waals surface area contributed by atoms with Gasteiger partial charge in [0.15, 0.2) is 0 Å². The fourth-order valence-corrected chi connectivity index (χ4v) is 3.53. The zero-order valence-electron chi connectivity index (χ0n) is 15.9. The van der Waals surface area contributed by atoms with Crippen molar-refractivity contribution >= 4 is 33.3 Å². The predicted octanol–water partition coefficient (Wildman–Crippen LogP) is 5.16. The van der Waals surface area contributed by atoms with Crippen LogP contribution in [0.3, 0.4) is 0 Å². The Morgan fingerprint density at radius 3 is 2.48 bits per heavy atom. The summed E-state index contributed by atoms with van der Waals surface area (Å²) in [4.78, 5) is 9.24. The van der Waals surface area contributed by atoms with Crippen molar-refractivity contribution in [2.24, 2.45) is 0 Å². The van der Waals surface area contributed by atoms with Gasteiger partial charge in [0.2, 0.25) is 5.95 Å². The summed E-state index contributed by atoms with van der Waals surface area (Å²) in [5.41, 5.74) is 11.6. The Hall–Kier alpha value is -3.34. The molecule has 0 saturated heterocycles. The molecule has 0 bridgehead atoms. The number of anilines is 2. The zero-order valence-corrected chi connectivity index (χ0v) is 15.9. The van der Waals surface area contributed by atoms with E-state index < -0.39 is 0 Å². The van der Waals surface area contributed by atoms with Gasteiger partial charge in [0, 0.05) is 16.2 Å². The monoisotopic (exact) mass is 358 g/mol. The molecule has 4 aromatic rings. The summed E-state index contributed by atoms with van der Waals surface area (Å²) in [6.07, 6.45) is 0. The van der Waals surface area contributed by atoms with Crippen LogP contribution in [0.1, 0.15) is 16.8 Å². The quantitative estimate of drug-likeness (QED) is 0.494. The number of nitrogens with one attached hydrogen (secondary N) is 2. The number of aryl methyl sites for hydroxylation is 3. The molecule has 0 fully saturated rings. The smallest absolute Gasteiger partial charge is 0.242 e. The molecule has 0 spiro atoms. The van der Waals surface area contributed by atoms with Crippen LogP contribution in [0.2, 0.25) is 0 Å². The van der Waals surface area contributed by atoms with Crippen LogP contribution in [-0.2, 0) is 0 Å². The van der Waals surface area contributed by atoms with E-state index >= 15 is 0 Å². The van der Waals surface area contributed by atoms with Gasteiger partial charge in [-0.15, -0.1) is 0 Å². The van der Waals surface area contributed by atoms with Crippen LogP contribution in [0.5, 0.6) is 5.75 Å². The van der Waals surface area contributed by atoms with Crippen LogP contribution in [-0.4, -0.2) is 17.1 Å². The summed E-state index contributed by atoms with van der Waals surface area (Å²) >= 11 is 0. The maximum Gasteiger partial charge on any atom is 0.242 e. The van der Waals surface area contributed by atoms with Crippen molar-refractivity contribution in [3.63, 3.8) is 0 Å². The topological polar surface area (TPSA) is 59.1 Å². The van der Waals surface area contributed by atoms with E-state index in [-0.39, 0.29) is 0 Å². The van der Waals surface area contributed by atoms with E-state index in [0.29, 0.717) is 5.95 Å². The Balaban J connectivity index is 1.71. The molecule has 4 rings (SSSR count). The first-order chi connectivity index (χ1) is 13.1. The van der Waals surface area contributed by atoms with Crippen LogP contribution in [0.4, 0.5) is 11.6 Å². The molecule has 0 aliphatic carbocycles. The van der Waals surface area contributed by atoms with Crippen molar-refractivity contribution in [3.8, 4) is 5.75 Å². The minimum absolute atomic E-state index is 0.545. The SMILES string of the molecule is COc1cccc2c(NNc3nc(C)c4c(C)cccc4n3)cc(C)cc12. The zero-order chi connectivity index (χ0) is 19.0. The molecule has 0 atom stereocenters. The molecular weight excluding hydrogens is 336 g/mol. The number of ether oxygens (including phenoxy) is 1. The van der Waals surface area contributed by atoms with Gasteiger partial charge in [0.25, 0.3) is 0 Å². The molecule has 1 heterocycles. The van der Waals surface area contributed by atoms with Crippen molar-refractivity contribution in [3.05, 3.63) is 65.4 Å². The average Bonchev–Trinajstić information content (AvgIpc) is 2.65. The first kappa shape index (κ1) is 17.1. The lowest BCUT2D eigenvalue weighted by molar-refractivity contribution is 0.420. The van der Waals surface area contributed by atoms with Crippen molar-refractivity contribution in [2.45, 2.75) is 20.8 Å². The van der Waals surface area contributed by atoms with Gasteiger partial charge in [-0.2, -0.15) is 0 Å². The fourth-order valence-electron chi connectivity index (χ4n) is 3.53. The Morgan fingerprint density at radius 2 is 1.67 bits per heavy atom. The van der Waals surface area contributed by atoms with Gasteiger partial charge in [-0.1, -0.05) is 24.3 Å². The minimum atomic E-state index is 0.545. The molecule has 0 radical (unpaired) electrons. The third kappa shape index (κ3) is 3.12. The van der Waals surface area contributed by atoms with Gasteiger partial charge in [0.1, 0.15) is 5.75 Å². The number of aromatic nitrogens is 2. The molecule has 0 unspecified atom stereocenters. The molecule has 0 aliphatic heterocycles. The van der Waals surface area contributed by atoms with E-state index in [9.17, 15) is 0 Å². The second kappa shape index (κ2) is 6.76.